The summed E-state index contributed by atoms with van der Waals surface area (Å²) in [5, 5.41) is 17.3. The lowest BCUT2D eigenvalue weighted by molar-refractivity contribution is 0.0956. The van der Waals surface area contributed by atoms with E-state index >= 15 is 0 Å². The number of carbonyl (C=O) groups excluding carboxylic acids is 1. The maximum Gasteiger partial charge on any atom is 0.273 e. The number of hydrogen-bond acceptors (Lipinski definition) is 4. The van der Waals surface area contributed by atoms with E-state index in [2.05, 4.69) is 15.8 Å². The van der Waals surface area contributed by atoms with Crippen LogP contribution in [0.1, 0.15) is 15.9 Å². The van der Waals surface area contributed by atoms with Gasteiger partial charge in [0.1, 0.15) is 5.75 Å². The second-order valence-electron chi connectivity index (χ2n) is 4.46. The van der Waals surface area contributed by atoms with Gasteiger partial charge in [-0.2, -0.15) is 5.10 Å². The monoisotopic (exact) mass is 371 g/mol. The van der Waals surface area contributed by atoms with Crippen LogP contribution in [0.4, 0.5) is 5.69 Å². The van der Waals surface area contributed by atoms with Gasteiger partial charge < -0.3 is 10.4 Å². The third-order valence-corrected chi connectivity index (χ3v) is 3.66. The molecule has 0 unspecified atom stereocenters. The van der Waals surface area contributed by atoms with Gasteiger partial charge in [0.2, 0.25) is 0 Å². The third kappa shape index (κ3) is 4.28. The number of rotatable bonds is 4. The van der Waals surface area contributed by atoms with Gasteiger partial charge in [0.05, 0.1) is 16.8 Å². The molecule has 0 aliphatic rings. The lowest BCUT2D eigenvalue weighted by Gasteiger charge is -2.08. The Bertz CT molecular complexity index is 779. The largest absolute Gasteiger partial charge is 0.506 e. The van der Waals surface area contributed by atoms with Gasteiger partial charge in [-0.25, -0.2) is 5.43 Å². The average molecular weight is 373 g/mol. The summed E-state index contributed by atoms with van der Waals surface area (Å²) in [6.07, 6.45) is 1.24. The lowest BCUT2D eigenvalue weighted by atomic mass is 10.1. The molecule has 0 fully saturated rings. The average Bonchev–Trinajstić information content (AvgIpc) is 2.51. The van der Waals surface area contributed by atoms with E-state index in [1.807, 2.05) is 0 Å². The lowest BCUT2D eigenvalue weighted by Crippen LogP contribution is -2.19. The van der Waals surface area contributed by atoms with Crippen molar-refractivity contribution in [3.63, 3.8) is 0 Å². The normalized spacial score (nSPS) is 10.8. The summed E-state index contributed by atoms with van der Waals surface area (Å²) >= 11 is 17.6. The molecule has 0 atom stereocenters. The van der Waals surface area contributed by atoms with Crippen LogP contribution in [0.2, 0.25) is 15.1 Å². The van der Waals surface area contributed by atoms with Crippen molar-refractivity contribution < 1.29 is 9.90 Å². The van der Waals surface area contributed by atoms with Crippen LogP contribution in [0.25, 0.3) is 0 Å². The van der Waals surface area contributed by atoms with Crippen molar-refractivity contribution in [3.05, 3.63) is 56.5 Å². The predicted octanol–water partition coefficient (Wildman–Crippen LogP) is 4.16. The number of carbonyl (C=O) groups is 1. The minimum atomic E-state index is -0.458. The number of anilines is 1. The number of hydrazone groups is 1. The highest BCUT2D eigenvalue weighted by molar-refractivity contribution is 6.36. The fourth-order valence-electron chi connectivity index (χ4n) is 1.83. The summed E-state index contributed by atoms with van der Waals surface area (Å²) in [7, 11) is 1.69. The molecule has 0 bridgehead atoms. The first-order chi connectivity index (χ1) is 10.9. The molecule has 2 aromatic rings. The van der Waals surface area contributed by atoms with E-state index in [9.17, 15) is 9.90 Å². The number of benzene rings is 2. The van der Waals surface area contributed by atoms with Gasteiger partial charge in [-0.1, -0.05) is 34.8 Å². The number of nitrogens with zero attached hydrogens (tertiary/aromatic N) is 1. The van der Waals surface area contributed by atoms with Crippen LogP contribution in [0.3, 0.4) is 0 Å². The minimum Gasteiger partial charge on any atom is -0.506 e. The molecule has 0 saturated carbocycles. The molecular weight excluding hydrogens is 361 g/mol. The number of phenols is 1. The Morgan fingerprint density at radius 3 is 2.61 bits per heavy atom. The van der Waals surface area contributed by atoms with Crippen LogP contribution in [-0.4, -0.2) is 24.3 Å². The summed E-state index contributed by atoms with van der Waals surface area (Å²) in [4.78, 5) is 12.1. The topological polar surface area (TPSA) is 73.7 Å². The van der Waals surface area contributed by atoms with Gasteiger partial charge in [-0.3, -0.25) is 4.79 Å². The van der Waals surface area contributed by atoms with Crippen LogP contribution in [-0.2, 0) is 0 Å². The zero-order valence-corrected chi connectivity index (χ0v) is 14.2. The number of amides is 1. The van der Waals surface area contributed by atoms with Gasteiger partial charge in [-0.15, -0.1) is 0 Å². The van der Waals surface area contributed by atoms with Crippen molar-refractivity contribution in [2.45, 2.75) is 0 Å². The Balaban J connectivity index is 2.18. The molecule has 5 nitrogen and oxygen atoms in total. The van der Waals surface area contributed by atoms with E-state index in [-0.39, 0.29) is 16.3 Å². The first-order valence-electron chi connectivity index (χ1n) is 6.41. The highest BCUT2D eigenvalue weighted by Gasteiger charge is 2.11. The Labute approximate surface area is 147 Å². The number of hydrogen-bond donors (Lipinski definition) is 3. The predicted molar refractivity (Wildman–Crippen MR) is 94.2 cm³/mol. The highest BCUT2D eigenvalue weighted by Crippen LogP contribution is 2.30. The third-order valence-electron chi connectivity index (χ3n) is 2.92. The van der Waals surface area contributed by atoms with Crippen LogP contribution in [0, 0.1) is 0 Å². The molecule has 3 N–H and O–H groups in total. The Hall–Kier alpha value is -1.95. The molecule has 0 saturated heterocycles. The van der Waals surface area contributed by atoms with E-state index in [0.29, 0.717) is 21.3 Å². The summed E-state index contributed by atoms with van der Waals surface area (Å²) in [6.45, 7) is 0. The van der Waals surface area contributed by atoms with Crippen LogP contribution < -0.4 is 10.7 Å². The Morgan fingerprint density at radius 2 is 1.91 bits per heavy atom. The highest BCUT2D eigenvalue weighted by atomic mass is 35.5. The summed E-state index contributed by atoms with van der Waals surface area (Å²) in [6, 6.07) is 7.74. The maximum atomic E-state index is 12.1. The number of aromatic hydroxyl groups is 1. The molecule has 8 heteroatoms. The van der Waals surface area contributed by atoms with E-state index in [1.54, 1.807) is 19.2 Å². The molecule has 0 radical (unpaired) electrons. The fraction of sp³-hybridized carbons (Fsp3) is 0.0667. The maximum absolute atomic E-state index is 12.1. The van der Waals surface area contributed by atoms with Gasteiger partial charge in [0.25, 0.3) is 5.91 Å². The molecule has 0 aliphatic carbocycles. The molecule has 120 valence electrons. The minimum absolute atomic E-state index is 0.0950. The van der Waals surface area contributed by atoms with Crippen molar-refractivity contribution in [1.82, 2.24) is 5.43 Å². The SMILES string of the molecule is CNc1ccc(Cl)cc1C(=O)NN=Cc1cc(Cl)cc(Cl)c1O. The molecule has 1 amide bonds. The van der Waals surface area contributed by atoms with Crippen molar-refractivity contribution in [3.8, 4) is 5.75 Å². The second kappa shape index (κ2) is 7.55. The number of nitrogens with one attached hydrogen (secondary N) is 2. The van der Waals surface area contributed by atoms with Crippen molar-refractivity contribution in [2.75, 3.05) is 12.4 Å². The summed E-state index contributed by atoms with van der Waals surface area (Å²) in [5.74, 6) is -0.631. The second-order valence-corrected chi connectivity index (χ2v) is 5.74. The van der Waals surface area contributed by atoms with Crippen LogP contribution >= 0.6 is 34.8 Å². The number of halogens is 3. The summed E-state index contributed by atoms with van der Waals surface area (Å²) in [5.41, 5.74) is 3.58. The zero-order chi connectivity index (χ0) is 17.0. The van der Waals surface area contributed by atoms with Gasteiger partial charge in [0.15, 0.2) is 0 Å². The zero-order valence-electron chi connectivity index (χ0n) is 11.9. The summed E-state index contributed by atoms with van der Waals surface area (Å²) < 4.78 is 0. The van der Waals surface area contributed by atoms with Crippen molar-refractivity contribution in [2.24, 2.45) is 5.10 Å². The van der Waals surface area contributed by atoms with Crippen LogP contribution in [0.15, 0.2) is 35.4 Å². The molecule has 0 spiro atoms. The van der Waals surface area contributed by atoms with E-state index < -0.39 is 5.91 Å². The molecule has 2 aromatic carbocycles. The fourth-order valence-corrected chi connectivity index (χ4v) is 2.51. The van der Waals surface area contributed by atoms with Gasteiger partial charge in [0, 0.05) is 28.3 Å². The van der Waals surface area contributed by atoms with Gasteiger partial charge >= 0.3 is 0 Å². The van der Waals surface area contributed by atoms with Crippen molar-refractivity contribution in [1.29, 1.82) is 0 Å². The van der Waals surface area contributed by atoms with Crippen LogP contribution in [0.5, 0.6) is 5.75 Å². The first kappa shape index (κ1) is 17.4. The molecular formula is C15H12Cl3N3O2. The van der Waals surface area contributed by atoms with E-state index in [4.69, 9.17) is 34.8 Å². The Kier molecular flexibility index (Phi) is 5.71. The quantitative estimate of drug-likeness (QED) is 0.557. The first-order valence-corrected chi connectivity index (χ1v) is 7.54. The molecule has 2 rings (SSSR count). The van der Waals surface area contributed by atoms with Crippen molar-refractivity contribution >= 4 is 52.6 Å². The molecule has 0 aromatic heterocycles. The molecule has 23 heavy (non-hydrogen) atoms. The molecule has 0 heterocycles. The van der Waals surface area contributed by atoms with E-state index in [0.717, 1.165) is 0 Å². The van der Waals surface area contributed by atoms with Gasteiger partial charge in [-0.05, 0) is 30.3 Å². The smallest absolute Gasteiger partial charge is 0.273 e. The standard InChI is InChI=1S/C15H12Cl3N3O2/c1-19-13-3-2-9(16)5-11(13)15(23)21-20-7-8-4-10(17)6-12(18)14(8)22/h2-7,19,22H,1H3,(H,21,23). The van der Waals surface area contributed by atoms with E-state index in [1.165, 1.54) is 24.4 Å². The Morgan fingerprint density at radius 1 is 1.17 bits per heavy atom. The molecule has 0 aliphatic heterocycles. The number of phenolic OH excluding ortho intramolecular Hbond substituents is 1.